The van der Waals surface area contributed by atoms with Crippen LogP contribution in [-0.4, -0.2) is 58.8 Å². The Hall–Kier alpha value is -3.85. The lowest BCUT2D eigenvalue weighted by atomic mass is 10.1. The van der Waals surface area contributed by atoms with E-state index < -0.39 is 29.6 Å². The van der Waals surface area contributed by atoms with Crippen molar-refractivity contribution in [2.75, 3.05) is 13.2 Å². The molecule has 1 unspecified atom stereocenters. The zero-order valence-corrected chi connectivity index (χ0v) is 16.2. The van der Waals surface area contributed by atoms with Gasteiger partial charge < -0.3 is 9.57 Å². The third kappa shape index (κ3) is 3.01. The third-order valence-corrected chi connectivity index (χ3v) is 5.55. The number of fused-ring (bicyclic) bond motifs is 2. The highest BCUT2D eigenvalue weighted by atomic mass is 16.7. The predicted molar refractivity (Wildman–Crippen MR) is 103 cm³/mol. The Labute approximate surface area is 176 Å². The van der Waals surface area contributed by atoms with E-state index in [1.165, 1.54) is 30.3 Å². The summed E-state index contributed by atoms with van der Waals surface area (Å²) in [5, 5.41) is 0.400. The lowest BCUT2D eigenvalue weighted by Crippen LogP contribution is -2.36. The van der Waals surface area contributed by atoms with Crippen molar-refractivity contribution in [3.05, 3.63) is 70.3 Å². The molecule has 1 fully saturated rings. The molecule has 3 aliphatic heterocycles. The zero-order chi connectivity index (χ0) is 21.7. The largest absolute Gasteiger partial charge is 0.376 e. The van der Waals surface area contributed by atoms with Gasteiger partial charge in [0, 0.05) is 6.61 Å². The summed E-state index contributed by atoms with van der Waals surface area (Å²) in [6.45, 7) is 0.753. The molecule has 0 bridgehead atoms. The fourth-order valence-corrected chi connectivity index (χ4v) is 3.96. The predicted octanol–water partition coefficient (Wildman–Crippen LogP) is 1.83. The zero-order valence-electron chi connectivity index (χ0n) is 16.2. The Morgan fingerprint density at radius 1 is 0.903 bits per heavy atom. The molecule has 9 nitrogen and oxygen atoms in total. The van der Waals surface area contributed by atoms with E-state index in [2.05, 4.69) is 0 Å². The number of ether oxygens (including phenoxy) is 1. The lowest BCUT2D eigenvalue weighted by Gasteiger charge is -2.17. The van der Waals surface area contributed by atoms with Crippen LogP contribution in [0.2, 0.25) is 0 Å². The molecule has 3 heterocycles. The molecule has 2 aromatic carbocycles. The summed E-state index contributed by atoms with van der Waals surface area (Å²) < 4.78 is 5.50. The summed E-state index contributed by atoms with van der Waals surface area (Å²) in [5.74, 6) is -3.45. The van der Waals surface area contributed by atoms with E-state index in [1.807, 2.05) is 0 Å². The molecule has 1 atom stereocenters. The summed E-state index contributed by atoms with van der Waals surface area (Å²) in [6.07, 6.45) is 1.45. The van der Waals surface area contributed by atoms with Gasteiger partial charge in [0.1, 0.15) is 0 Å². The highest BCUT2D eigenvalue weighted by Gasteiger charge is 2.40. The van der Waals surface area contributed by atoms with Crippen LogP contribution >= 0.6 is 0 Å². The Bertz CT molecular complexity index is 1130. The van der Waals surface area contributed by atoms with Crippen LogP contribution in [0.3, 0.4) is 0 Å². The van der Waals surface area contributed by atoms with E-state index in [9.17, 15) is 24.0 Å². The summed E-state index contributed by atoms with van der Waals surface area (Å²) in [5.41, 5.74) is 0.468. The SMILES string of the molecule is O=C(ON1C(=O)c2ccccc2C1=O)c1ccc2c(c1)C(=O)N(CC1CCCO1)C2=O. The van der Waals surface area contributed by atoms with Crippen molar-refractivity contribution in [2.24, 2.45) is 0 Å². The molecule has 2 aromatic rings. The maximum Gasteiger partial charge on any atom is 0.363 e. The van der Waals surface area contributed by atoms with Gasteiger partial charge in [0.25, 0.3) is 23.6 Å². The monoisotopic (exact) mass is 420 g/mol. The number of amides is 4. The van der Waals surface area contributed by atoms with E-state index in [-0.39, 0.29) is 40.5 Å². The molecule has 0 saturated carbocycles. The number of hydroxylamine groups is 2. The first-order valence-corrected chi connectivity index (χ1v) is 9.77. The van der Waals surface area contributed by atoms with Crippen LogP contribution < -0.4 is 0 Å². The Morgan fingerprint density at radius 2 is 1.55 bits per heavy atom. The van der Waals surface area contributed by atoms with Crippen molar-refractivity contribution < 1.29 is 33.5 Å². The molecule has 0 aromatic heterocycles. The van der Waals surface area contributed by atoms with Crippen LogP contribution in [0.4, 0.5) is 0 Å². The van der Waals surface area contributed by atoms with Crippen molar-refractivity contribution in [2.45, 2.75) is 18.9 Å². The molecular formula is C22H16N2O7. The maximum atomic E-state index is 12.7. The van der Waals surface area contributed by atoms with Gasteiger partial charge in [-0.15, -0.1) is 0 Å². The number of nitrogens with zero attached hydrogens (tertiary/aromatic N) is 2. The van der Waals surface area contributed by atoms with Crippen LogP contribution in [-0.2, 0) is 9.57 Å². The summed E-state index contributed by atoms with van der Waals surface area (Å²) in [7, 11) is 0. The van der Waals surface area contributed by atoms with E-state index in [4.69, 9.17) is 9.57 Å². The molecule has 0 spiro atoms. The van der Waals surface area contributed by atoms with Gasteiger partial charge in [0.15, 0.2) is 0 Å². The smallest absolute Gasteiger partial charge is 0.363 e. The van der Waals surface area contributed by atoms with Gasteiger partial charge in [-0.25, -0.2) is 4.79 Å². The number of carbonyl (C=O) groups is 5. The Morgan fingerprint density at radius 3 is 2.19 bits per heavy atom. The molecule has 1 saturated heterocycles. The number of carbonyl (C=O) groups excluding carboxylic acids is 5. The standard InChI is InChI=1S/C22H16N2O7/c25-18-16-8-7-12(10-17(16)19(26)23(18)11-13-4-3-9-30-13)22(29)31-24-20(27)14-5-1-2-6-15(14)21(24)28/h1-2,5-8,10,13H,3-4,9,11H2. The first-order chi connectivity index (χ1) is 15.0. The molecule has 156 valence electrons. The van der Waals surface area contributed by atoms with Gasteiger partial charge in [-0.1, -0.05) is 17.2 Å². The second-order valence-corrected chi connectivity index (χ2v) is 7.45. The molecule has 3 aliphatic rings. The number of imide groups is 2. The fourth-order valence-electron chi connectivity index (χ4n) is 3.96. The van der Waals surface area contributed by atoms with Crippen LogP contribution in [0.1, 0.15) is 64.6 Å². The first kappa shape index (κ1) is 19.1. The molecule has 0 aliphatic carbocycles. The van der Waals surface area contributed by atoms with E-state index in [0.717, 1.165) is 17.7 Å². The topological polar surface area (TPSA) is 110 Å². The summed E-state index contributed by atoms with van der Waals surface area (Å²) in [6, 6.07) is 10.1. The van der Waals surface area contributed by atoms with E-state index >= 15 is 0 Å². The number of hydrogen-bond donors (Lipinski definition) is 0. The Kier molecular flexibility index (Phi) is 4.40. The normalized spacial score (nSPS) is 19.8. The molecule has 9 heteroatoms. The average Bonchev–Trinajstić information content (AvgIpc) is 3.45. The molecular weight excluding hydrogens is 404 g/mol. The van der Waals surface area contributed by atoms with Gasteiger partial charge in [-0.2, -0.15) is 0 Å². The second-order valence-electron chi connectivity index (χ2n) is 7.45. The highest BCUT2D eigenvalue weighted by molar-refractivity contribution is 6.22. The first-order valence-electron chi connectivity index (χ1n) is 9.77. The van der Waals surface area contributed by atoms with Crippen molar-refractivity contribution >= 4 is 29.6 Å². The quantitative estimate of drug-likeness (QED) is 0.694. The van der Waals surface area contributed by atoms with E-state index in [0.29, 0.717) is 11.7 Å². The van der Waals surface area contributed by atoms with Crippen LogP contribution in [0.25, 0.3) is 0 Å². The van der Waals surface area contributed by atoms with E-state index in [1.54, 1.807) is 12.1 Å². The lowest BCUT2D eigenvalue weighted by molar-refractivity contribution is -0.0584. The number of benzene rings is 2. The minimum absolute atomic E-state index is 0.0598. The van der Waals surface area contributed by atoms with Crippen molar-refractivity contribution in [1.82, 2.24) is 9.96 Å². The fraction of sp³-hybridized carbons (Fsp3) is 0.227. The second kappa shape index (κ2) is 7.13. The molecule has 0 N–H and O–H groups in total. The number of rotatable bonds is 4. The van der Waals surface area contributed by atoms with Gasteiger partial charge in [-0.3, -0.25) is 24.1 Å². The average molecular weight is 420 g/mol. The Balaban J connectivity index is 1.35. The van der Waals surface area contributed by atoms with Gasteiger partial charge in [0.2, 0.25) is 0 Å². The van der Waals surface area contributed by atoms with Crippen molar-refractivity contribution in [3.63, 3.8) is 0 Å². The van der Waals surface area contributed by atoms with Crippen molar-refractivity contribution in [3.8, 4) is 0 Å². The summed E-state index contributed by atoms with van der Waals surface area (Å²) >= 11 is 0. The minimum Gasteiger partial charge on any atom is -0.376 e. The molecule has 31 heavy (non-hydrogen) atoms. The van der Waals surface area contributed by atoms with Gasteiger partial charge in [-0.05, 0) is 43.2 Å². The highest BCUT2D eigenvalue weighted by Crippen LogP contribution is 2.27. The van der Waals surface area contributed by atoms with Crippen molar-refractivity contribution in [1.29, 1.82) is 0 Å². The minimum atomic E-state index is -0.991. The van der Waals surface area contributed by atoms with Gasteiger partial charge in [0.05, 0.1) is 40.5 Å². The van der Waals surface area contributed by atoms with Crippen LogP contribution in [0.5, 0.6) is 0 Å². The van der Waals surface area contributed by atoms with Gasteiger partial charge >= 0.3 is 5.97 Å². The number of hydrogen-bond acceptors (Lipinski definition) is 7. The maximum absolute atomic E-state index is 12.7. The summed E-state index contributed by atoms with van der Waals surface area (Å²) in [4.78, 5) is 68.8. The van der Waals surface area contributed by atoms with Crippen LogP contribution in [0.15, 0.2) is 42.5 Å². The third-order valence-electron chi connectivity index (χ3n) is 5.55. The molecule has 4 amide bonds. The van der Waals surface area contributed by atoms with Crippen LogP contribution in [0, 0.1) is 0 Å². The molecule has 5 rings (SSSR count). The molecule has 0 radical (unpaired) electrons.